The molecule has 158 valence electrons. The van der Waals surface area contributed by atoms with Gasteiger partial charge in [0.2, 0.25) is 5.95 Å². The highest BCUT2D eigenvalue weighted by molar-refractivity contribution is 5.98. The van der Waals surface area contributed by atoms with Gasteiger partial charge in [0.25, 0.3) is 5.91 Å². The van der Waals surface area contributed by atoms with Crippen LogP contribution in [-0.4, -0.2) is 51.0 Å². The van der Waals surface area contributed by atoms with Crippen LogP contribution < -0.4 is 16.0 Å². The molecule has 10 nitrogen and oxygen atoms in total. The Morgan fingerprint density at radius 2 is 2.26 bits per heavy atom. The van der Waals surface area contributed by atoms with Crippen molar-refractivity contribution in [3.63, 3.8) is 0 Å². The fourth-order valence-corrected chi connectivity index (χ4v) is 3.68. The molecular formula is C21H22N8O2. The molecule has 4 rings (SSSR count). The summed E-state index contributed by atoms with van der Waals surface area (Å²) in [7, 11) is 3.22. The van der Waals surface area contributed by atoms with Gasteiger partial charge >= 0.3 is 0 Å². The zero-order valence-electron chi connectivity index (χ0n) is 17.4. The van der Waals surface area contributed by atoms with Crippen LogP contribution in [0, 0.1) is 11.3 Å². The highest BCUT2D eigenvalue weighted by atomic mass is 16.3. The van der Waals surface area contributed by atoms with Crippen LogP contribution in [-0.2, 0) is 12.5 Å². The second-order valence-electron chi connectivity index (χ2n) is 7.63. The number of nitrogens with one attached hydrogen (secondary N) is 3. The largest absolute Gasteiger partial charge is 0.395 e. The molecule has 0 bridgehead atoms. The number of aliphatic hydroxyl groups excluding tert-OH is 1. The number of carbonyl (C=O) groups is 1. The van der Waals surface area contributed by atoms with Gasteiger partial charge in [-0.3, -0.25) is 9.48 Å². The van der Waals surface area contributed by atoms with Crippen molar-refractivity contribution in [2.24, 2.45) is 7.05 Å². The van der Waals surface area contributed by atoms with Gasteiger partial charge in [0.15, 0.2) is 0 Å². The Kier molecular flexibility index (Phi) is 5.04. The number of aromatic nitrogens is 4. The van der Waals surface area contributed by atoms with Gasteiger partial charge in [0.05, 0.1) is 35.4 Å². The molecule has 0 fully saturated rings. The summed E-state index contributed by atoms with van der Waals surface area (Å²) in [6, 6.07) is 7.68. The van der Waals surface area contributed by atoms with Crippen molar-refractivity contribution in [2.75, 3.05) is 30.8 Å². The van der Waals surface area contributed by atoms with Crippen LogP contribution in [0.25, 0.3) is 11.3 Å². The minimum atomic E-state index is -0.483. The molecule has 1 aliphatic heterocycles. The molecule has 0 saturated carbocycles. The third kappa shape index (κ3) is 3.45. The zero-order valence-corrected chi connectivity index (χ0v) is 17.4. The summed E-state index contributed by atoms with van der Waals surface area (Å²) >= 11 is 0. The number of fused-ring (bicyclic) bond motifs is 1. The number of nitrogens with zero attached hydrogens (tertiary/aromatic N) is 5. The van der Waals surface area contributed by atoms with Crippen molar-refractivity contribution in [1.29, 1.82) is 5.26 Å². The van der Waals surface area contributed by atoms with E-state index < -0.39 is 5.41 Å². The van der Waals surface area contributed by atoms with E-state index in [1.54, 1.807) is 32.4 Å². The van der Waals surface area contributed by atoms with E-state index in [-0.39, 0.29) is 18.5 Å². The van der Waals surface area contributed by atoms with Crippen molar-refractivity contribution in [2.45, 2.75) is 12.3 Å². The van der Waals surface area contributed by atoms with Gasteiger partial charge in [-0.15, -0.1) is 0 Å². The number of amides is 1. The number of hydrogen-bond acceptors (Lipinski definition) is 8. The van der Waals surface area contributed by atoms with E-state index in [1.807, 2.05) is 13.0 Å². The average Bonchev–Trinajstić information content (AvgIpc) is 3.33. The van der Waals surface area contributed by atoms with Crippen molar-refractivity contribution < 1.29 is 9.90 Å². The molecule has 2 aromatic heterocycles. The summed E-state index contributed by atoms with van der Waals surface area (Å²) < 4.78 is 1.47. The molecule has 4 N–H and O–H groups in total. The second-order valence-corrected chi connectivity index (χ2v) is 7.63. The van der Waals surface area contributed by atoms with Crippen LogP contribution in [0.15, 0.2) is 30.6 Å². The number of aryl methyl sites for hydroxylation is 1. The fourth-order valence-electron chi connectivity index (χ4n) is 3.68. The number of benzene rings is 1. The van der Waals surface area contributed by atoms with E-state index in [4.69, 9.17) is 0 Å². The number of nitriles is 1. The molecule has 0 spiro atoms. The quantitative estimate of drug-likeness (QED) is 0.489. The summed E-state index contributed by atoms with van der Waals surface area (Å²) in [6.07, 6.45) is 3.13. The van der Waals surface area contributed by atoms with Crippen molar-refractivity contribution >= 4 is 23.2 Å². The van der Waals surface area contributed by atoms with Gasteiger partial charge in [0.1, 0.15) is 11.8 Å². The van der Waals surface area contributed by atoms with E-state index in [2.05, 4.69) is 37.1 Å². The molecule has 1 amide bonds. The molecule has 1 aliphatic rings. The first-order valence-corrected chi connectivity index (χ1v) is 9.68. The average molecular weight is 418 g/mol. The topological polar surface area (TPSA) is 141 Å². The molecule has 0 radical (unpaired) electrons. The smallest absolute Gasteiger partial charge is 0.271 e. The van der Waals surface area contributed by atoms with Crippen LogP contribution in [0.4, 0.5) is 17.3 Å². The number of aliphatic hydroxyl groups is 1. The first-order valence-electron chi connectivity index (χ1n) is 9.68. The van der Waals surface area contributed by atoms with Crippen LogP contribution in [0.3, 0.4) is 0 Å². The zero-order chi connectivity index (χ0) is 22.2. The number of hydrogen-bond donors (Lipinski definition) is 4. The summed E-state index contributed by atoms with van der Waals surface area (Å²) in [6.45, 7) is 2.46. The highest BCUT2D eigenvalue weighted by Gasteiger charge is 2.36. The fraction of sp³-hybridized carbons (Fsp3) is 0.286. The van der Waals surface area contributed by atoms with E-state index >= 15 is 0 Å². The molecule has 1 unspecified atom stereocenters. The van der Waals surface area contributed by atoms with Gasteiger partial charge in [-0.05, 0) is 23.8 Å². The van der Waals surface area contributed by atoms with Gasteiger partial charge < -0.3 is 21.1 Å². The van der Waals surface area contributed by atoms with Crippen LogP contribution in [0.2, 0.25) is 0 Å². The maximum Gasteiger partial charge on any atom is 0.271 e. The van der Waals surface area contributed by atoms with Crippen LogP contribution in [0.1, 0.15) is 28.5 Å². The SMILES string of the molecule is CNC(=O)c1c(Nc2nccc(-c3cc(C#N)c4c(c3)C(C)(CO)CN4)n2)cnn1C. The molecule has 31 heavy (non-hydrogen) atoms. The lowest BCUT2D eigenvalue weighted by Gasteiger charge is -2.21. The Bertz CT molecular complexity index is 1210. The van der Waals surface area contributed by atoms with Gasteiger partial charge in [-0.1, -0.05) is 6.92 Å². The number of anilines is 3. The van der Waals surface area contributed by atoms with Crippen LogP contribution >= 0.6 is 0 Å². The second kappa shape index (κ2) is 7.70. The Hall–Kier alpha value is -3.97. The lowest BCUT2D eigenvalue weighted by atomic mass is 9.83. The van der Waals surface area contributed by atoms with E-state index in [1.165, 1.54) is 10.9 Å². The first-order chi connectivity index (χ1) is 14.9. The summed E-state index contributed by atoms with van der Waals surface area (Å²) in [5, 5.41) is 32.5. The van der Waals surface area contributed by atoms with Gasteiger partial charge in [0, 0.05) is 37.8 Å². The summed E-state index contributed by atoms with van der Waals surface area (Å²) in [4.78, 5) is 21.0. The predicted molar refractivity (Wildman–Crippen MR) is 115 cm³/mol. The molecule has 0 aliphatic carbocycles. The third-order valence-electron chi connectivity index (χ3n) is 5.49. The van der Waals surface area contributed by atoms with E-state index in [9.17, 15) is 15.2 Å². The Morgan fingerprint density at radius 3 is 2.97 bits per heavy atom. The van der Waals surface area contributed by atoms with Crippen molar-refractivity contribution in [1.82, 2.24) is 25.1 Å². The minimum absolute atomic E-state index is 0.0405. The summed E-state index contributed by atoms with van der Waals surface area (Å²) in [5.74, 6) is 0.00410. The molecule has 3 aromatic rings. The maximum absolute atomic E-state index is 12.2. The minimum Gasteiger partial charge on any atom is -0.395 e. The van der Waals surface area contributed by atoms with E-state index in [0.717, 1.165) is 16.8 Å². The first kappa shape index (κ1) is 20.3. The van der Waals surface area contributed by atoms with Gasteiger partial charge in [-0.25, -0.2) is 9.97 Å². The molecule has 1 atom stereocenters. The van der Waals surface area contributed by atoms with Crippen LogP contribution in [0.5, 0.6) is 0 Å². The lowest BCUT2D eigenvalue weighted by Crippen LogP contribution is -2.28. The van der Waals surface area contributed by atoms with E-state index in [0.29, 0.717) is 29.2 Å². The normalized spacial score (nSPS) is 16.9. The Morgan fingerprint density at radius 1 is 1.45 bits per heavy atom. The Labute approximate surface area is 179 Å². The number of rotatable bonds is 5. The predicted octanol–water partition coefficient (Wildman–Crippen LogP) is 1.53. The highest BCUT2D eigenvalue weighted by Crippen LogP contribution is 2.41. The van der Waals surface area contributed by atoms with Gasteiger partial charge in [-0.2, -0.15) is 10.4 Å². The molecule has 1 aromatic carbocycles. The number of carbonyl (C=O) groups excluding carboxylic acids is 1. The maximum atomic E-state index is 12.2. The molecular weight excluding hydrogens is 396 g/mol. The molecule has 3 heterocycles. The summed E-state index contributed by atoms with van der Waals surface area (Å²) in [5.41, 5.74) is 3.81. The van der Waals surface area contributed by atoms with Crippen molar-refractivity contribution in [3.8, 4) is 17.3 Å². The third-order valence-corrected chi connectivity index (χ3v) is 5.49. The van der Waals surface area contributed by atoms with Crippen molar-refractivity contribution in [3.05, 3.63) is 47.4 Å². The molecule has 0 saturated heterocycles. The lowest BCUT2D eigenvalue weighted by molar-refractivity contribution is 0.0954. The molecule has 10 heteroatoms. The Balaban J connectivity index is 1.73. The standard InChI is InChI=1S/C21H22N8O2/c1-21(11-30)10-25-17-13(8-22)6-12(7-14(17)21)15-4-5-24-20(27-15)28-16-9-26-29(3)18(16)19(31)23-2/h4-7,9,25,30H,10-11H2,1-3H3,(H,23,31)(H,24,27,28). The monoisotopic (exact) mass is 418 g/mol.